The predicted molar refractivity (Wildman–Crippen MR) is 115 cm³/mol. The van der Waals surface area contributed by atoms with Crippen molar-refractivity contribution in [3.63, 3.8) is 0 Å². The van der Waals surface area contributed by atoms with E-state index in [4.69, 9.17) is 4.74 Å². The Morgan fingerprint density at radius 1 is 1.10 bits per heavy atom. The lowest BCUT2D eigenvalue weighted by atomic mass is 10.0. The van der Waals surface area contributed by atoms with Gasteiger partial charge in [0.05, 0.1) is 16.8 Å². The second-order valence-electron chi connectivity index (χ2n) is 7.23. The number of pyridine rings is 1. The number of para-hydroxylation sites is 1. The Balaban J connectivity index is 1.83. The lowest BCUT2D eigenvalue weighted by molar-refractivity contribution is 0.102. The summed E-state index contributed by atoms with van der Waals surface area (Å²) < 4.78 is 28.0. The lowest BCUT2D eigenvalue weighted by Gasteiger charge is -2.13. The van der Waals surface area contributed by atoms with Gasteiger partial charge in [0.15, 0.2) is 9.84 Å². The summed E-state index contributed by atoms with van der Waals surface area (Å²) in [4.78, 5) is 17.6. The molecule has 0 bridgehead atoms. The first-order valence-corrected chi connectivity index (χ1v) is 11.4. The molecule has 1 aromatic heterocycles. The molecule has 0 radical (unpaired) electrons. The van der Waals surface area contributed by atoms with Crippen LogP contribution >= 0.6 is 0 Å². The summed E-state index contributed by atoms with van der Waals surface area (Å²) in [7, 11) is -3.09. The van der Waals surface area contributed by atoms with Crippen molar-refractivity contribution in [3.8, 4) is 5.75 Å². The first-order chi connectivity index (χ1) is 13.7. The average Bonchev–Trinajstić information content (AvgIpc) is 2.66. The second-order valence-corrected chi connectivity index (χ2v) is 9.49. The summed E-state index contributed by atoms with van der Waals surface area (Å²) >= 11 is 0. The van der Waals surface area contributed by atoms with Gasteiger partial charge in [-0.3, -0.25) is 9.78 Å². The van der Waals surface area contributed by atoms with Crippen molar-refractivity contribution < 1.29 is 17.9 Å². The summed E-state index contributed by atoms with van der Waals surface area (Å²) in [6, 6.07) is 16.3. The third-order valence-electron chi connectivity index (χ3n) is 4.39. The molecular formula is C22H24N2O4S. The number of carbonyl (C=O) groups excluding carboxylic acids is 1. The van der Waals surface area contributed by atoms with E-state index in [9.17, 15) is 13.2 Å². The molecule has 0 saturated heterocycles. The van der Waals surface area contributed by atoms with Crippen LogP contribution in [-0.4, -0.2) is 37.9 Å². The maximum atomic E-state index is 13.0. The zero-order chi connectivity index (χ0) is 21.0. The summed E-state index contributed by atoms with van der Waals surface area (Å²) in [6.07, 6.45) is 1.16. The Kier molecular flexibility index (Phi) is 6.17. The minimum Gasteiger partial charge on any atom is -0.492 e. The fourth-order valence-electron chi connectivity index (χ4n) is 2.85. The molecule has 1 N–H and O–H groups in total. The minimum atomic E-state index is -3.09. The number of benzene rings is 2. The van der Waals surface area contributed by atoms with E-state index >= 15 is 0 Å². The average molecular weight is 413 g/mol. The topological polar surface area (TPSA) is 85.4 Å². The quantitative estimate of drug-likeness (QED) is 0.633. The van der Waals surface area contributed by atoms with Crippen molar-refractivity contribution in [3.05, 3.63) is 65.9 Å². The molecule has 2 aromatic carbocycles. The second kappa shape index (κ2) is 8.61. The highest BCUT2D eigenvalue weighted by Crippen LogP contribution is 2.24. The maximum Gasteiger partial charge on any atom is 0.256 e. The number of sulfone groups is 1. The predicted octanol–water partition coefficient (Wildman–Crippen LogP) is 4.03. The molecule has 0 atom stereocenters. The van der Waals surface area contributed by atoms with Gasteiger partial charge in [-0.05, 0) is 30.2 Å². The van der Waals surface area contributed by atoms with Gasteiger partial charge in [0, 0.05) is 29.1 Å². The summed E-state index contributed by atoms with van der Waals surface area (Å²) in [6.45, 7) is 4.13. The Morgan fingerprint density at radius 3 is 2.59 bits per heavy atom. The molecule has 29 heavy (non-hydrogen) atoms. The van der Waals surface area contributed by atoms with Gasteiger partial charge < -0.3 is 10.1 Å². The van der Waals surface area contributed by atoms with Crippen LogP contribution in [0.1, 0.15) is 35.8 Å². The van der Waals surface area contributed by atoms with Crippen LogP contribution in [0.15, 0.2) is 54.6 Å². The number of amides is 1. The van der Waals surface area contributed by atoms with Crippen molar-refractivity contribution in [2.45, 2.75) is 19.8 Å². The molecule has 0 saturated carbocycles. The molecule has 0 spiro atoms. The SMILES string of the molecule is CC(C)c1cc(C(=O)Nc2cccc(OCCS(C)(=O)=O)c2)c2ccccc2n1. The lowest BCUT2D eigenvalue weighted by Crippen LogP contribution is -2.14. The van der Waals surface area contributed by atoms with Gasteiger partial charge in [-0.2, -0.15) is 0 Å². The van der Waals surface area contributed by atoms with Gasteiger partial charge in [-0.15, -0.1) is 0 Å². The molecule has 0 aliphatic heterocycles. The maximum absolute atomic E-state index is 13.0. The first-order valence-electron chi connectivity index (χ1n) is 9.34. The number of aromatic nitrogens is 1. The number of anilines is 1. The molecule has 0 aliphatic carbocycles. The van der Waals surface area contributed by atoms with Crippen LogP contribution in [0.2, 0.25) is 0 Å². The van der Waals surface area contributed by atoms with E-state index in [1.54, 1.807) is 24.3 Å². The van der Waals surface area contributed by atoms with Gasteiger partial charge in [-0.1, -0.05) is 38.1 Å². The van der Waals surface area contributed by atoms with Crippen LogP contribution in [0.25, 0.3) is 10.9 Å². The summed E-state index contributed by atoms with van der Waals surface area (Å²) in [5.41, 5.74) is 2.76. The standard InChI is InChI=1S/C22H24N2O4S/c1-15(2)21-14-19(18-9-4-5-10-20(18)24-21)22(25)23-16-7-6-8-17(13-16)28-11-12-29(3,26)27/h4-10,13-15H,11-12H2,1-3H3,(H,23,25). The van der Waals surface area contributed by atoms with Gasteiger partial charge in [0.2, 0.25) is 0 Å². The van der Waals surface area contributed by atoms with E-state index in [1.807, 2.05) is 44.2 Å². The fraction of sp³-hybridized carbons (Fsp3) is 0.273. The molecule has 0 unspecified atom stereocenters. The van der Waals surface area contributed by atoms with E-state index in [-0.39, 0.29) is 24.2 Å². The monoisotopic (exact) mass is 412 g/mol. The summed E-state index contributed by atoms with van der Waals surface area (Å²) in [5.74, 6) is 0.385. The smallest absolute Gasteiger partial charge is 0.256 e. The highest BCUT2D eigenvalue weighted by molar-refractivity contribution is 7.90. The third kappa shape index (κ3) is 5.54. The van der Waals surface area contributed by atoms with Crippen LogP contribution in [-0.2, 0) is 9.84 Å². The molecule has 0 fully saturated rings. The Labute approximate surface area is 170 Å². The Morgan fingerprint density at radius 2 is 1.86 bits per heavy atom. The van der Waals surface area contributed by atoms with Crippen LogP contribution in [0.5, 0.6) is 5.75 Å². The zero-order valence-electron chi connectivity index (χ0n) is 16.7. The van der Waals surface area contributed by atoms with E-state index in [0.29, 0.717) is 17.0 Å². The van der Waals surface area contributed by atoms with Crippen molar-refractivity contribution in [1.82, 2.24) is 4.98 Å². The van der Waals surface area contributed by atoms with Crippen molar-refractivity contribution in [1.29, 1.82) is 0 Å². The number of hydrogen-bond donors (Lipinski definition) is 1. The minimum absolute atomic E-state index is 0.0585. The van der Waals surface area contributed by atoms with Crippen LogP contribution in [0.3, 0.4) is 0 Å². The van der Waals surface area contributed by atoms with Crippen molar-refractivity contribution in [2.75, 3.05) is 23.9 Å². The zero-order valence-corrected chi connectivity index (χ0v) is 17.5. The highest BCUT2D eigenvalue weighted by atomic mass is 32.2. The molecule has 6 nitrogen and oxygen atoms in total. The number of ether oxygens (including phenoxy) is 1. The molecule has 1 heterocycles. The van der Waals surface area contributed by atoms with Gasteiger partial charge in [0.1, 0.15) is 12.4 Å². The summed E-state index contributed by atoms with van der Waals surface area (Å²) in [5, 5.41) is 3.69. The van der Waals surface area contributed by atoms with E-state index in [0.717, 1.165) is 22.9 Å². The molecule has 152 valence electrons. The number of nitrogens with zero attached hydrogens (tertiary/aromatic N) is 1. The van der Waals surface area contributed by atoms with Gasteiger partial charge >= 0.3 is 0 Å². The van der Waals surface area contributed by atoms with Crippen LogP contribution < -0.4 is 10.1 Å². The largest absolute Gasteiger partial charge is 0.492 e. The first kappa shape index (κ1) is 20.8. The third-order valence-corrected chi connectivity index (χ3v) is 5.30. The Bertz CT molecular complexity index is 1140. The van der Waals surface area contributed by atoms with Gasteiger partial charge in [-0.25, -0.2) is 8.42 Å². The normalized spacial score (nSPS) is 11.6. The van der Waals surface area contributed by atoms with Crippen molar-refractivity contribution in [2.24, 2.45) is 0 Å². The number of nitrogens with one attached hydrogen (secondary N) is 1. The number of rotatable bonds is 7. The molecule has 3 rings (SSSR count). The Hall–Kier alpha value is -2.93. The molecule has 1 amide bonds. The molecule has 0 aliphatic rings. The molecule has 3 aromatic rings. The molecular weight excluding hydrogens is 388 g/mol. The van der Waals surface area contributed by atoms with E-state index in [1.165, 1.54) is 0 Å². The number of fused-ring (bicyclic) bond motifs is 1. The van der Waals surface area contributed by atoms with Gasteiger partial charge in [0.25, 0.3) is 5.91 Å². The molecule has 7 heteroatoms. The van der Waals surface area contributed by atoms with E-state index < -0.39 is 9.84 Å². The van der Waals surface area contributed by atoms with Crippen LogP contribution in [0.4, 0.5) is 5.69 Å². The highest BCUT2D eigenvalue weighted by Gasteiger charge is 2.15. The fourth-order valence-corrected chi connectivity index (χ4v) is 3.24. The van der Waals surface area contributed by atoms with Crippen molar-refractivity contribution >= 4 is 32.3 Å². The van der Waals surface area contributed by atoms with E-state index in [2.05, 4.69) is 10.3 Å². The number of carbonyl (C=O) groups is 1. The number of hydrogen-bond acceptors (Lipinski definition) is 5. The van der Waals surface area contributed by atoms with Crippen LogP contribution in [0, 0.1) is 0 Å².